The predicted octanol–water partition coefficient (Wildman–Crippen LogP) is 0.838. The maximum atomic E-state index is 13.0. The van der Waals surface area contributed by atoms with E-state index in [1.165, 1.54) is 4.31 Å². The Hall–Kier alpha value is -3.97. The maximum Gasteiger partial charge on any atom is 0.326 e. The standard InChI is InChI=1S/C24H26N8O4S/c33-23-19(28-24(34)30-23)10-16-14-26-32-21(25-13-15-6-7-15)12-20(29-22(16)32)27-17-4-3-5-18(11-17)37(35,36)31-8-1-2-9-31/h3-5,10-12,14-15,27,33H,1-2,6-9,13H2,(H2,28,30,34)/b16-10+,25-21?. The van der Waals surface area contributed by atoms with Gasteiger partial charge in [-0.25, -0.2) is 18.2 Å². The van der Waals surface area contributed by atoms with Crippen LogP contribution in [0, 0.1) is 5.92 Å². The van der Waals surface area contributed by atoms with Crippen molar-refractivity contribution in [1.29, 1.82) is 0 Å². The number of hydrogen-bond acceptors (Lipinski definition) is 8. The highest BCUT2D eigenvalue weighted by molar-refractivity contribution is 7.89. The molecule has 4 N–H and O–H groups in total. The van der Waals surface area contributed by atoms with Gasteiger partial charge in [0.25, 0.3) is 0 Å². The lowest BCUT2D eigenvalue weighted by atomic mass is 10.3. The van der Waals surface area contributed by atoms with Crippen molar-refractivity contribution in [3.8, 4) is 5.88 Å². The molecule has 37 heavy (non-hydrogen) atoms. The lowest BCUT2D eigenvalue weighted by Crippen LogP contribution is -2.27. The normalized spacial score (nSPS) is 17.7. The summed E-state index contributed by atoms with van der Waals surface area (Å²) >= 11 is 0. The number of aromatic nitrogens is 5. The molecule has 0 spiro atoms. The van der Waals surface area contributed by atoms with Crippen molar-refractivity contribution in [2.45, 2.75) is 30.6 Å². The molecule has 2 fully saturated rings. The van der Waals surface area contributed by atoms with Gasteiger partial charge in [-0.2, -0.15) is 13.9 Å². The Balaban J connectivity index is 1.41. The molecule has 3 aromatic heterocycles. The van der Waals surface area contributed by atoms with Gasteiger partial charge >= 0.3 is 5.69 Å². The Labute approximate surface area is 211 Å². The van der Waals surface area contributed by atoms with Crippen molar-refractivity contribution < 1.29 is 13.5 Å². The van der Waals surface area contributed by atoms with Crippen LogP contribution in [0.4, 0.5) is 11.5 Å². The van der Waals surface area contributed by atoms with Crippen molar-refractivity contribution in [2.24, 2.45) is 10.9 Å². The van der Waals surface area contributed by atoms with E-state index in [0.717, 1.165) is 25.7 Å². The Bertz CT molecular complexity index is 1760. The number of nitrogens with one attached hydrogen (secondary N) is 3. The summed E-state index contributed by atoms with van der Waals surface area (Å²) in [6, 6.07) is 8.45. The molecule has 1 aromatic carbocycles. The number of H-pyrrole nitrogens is 2. The Kier molecular flexibility index (Phi) is 5.80. The number of nitrogens with zero attached hydrogens (tertiary/aromatic N) is 5. The number of benzene rings is 1. The maximum absolute atomic E-state index is 13.0. The van der Waals surface area contributed by atoms with Gasteiger partial charge in [-0.1, -0.05) is 6.07 Å². The van der Waals surface area contributed by atoms with Crippen LogP contribution < -0.4 is 21.7 Å². The van der Waals surface area contributed by atoms with E-state index in [0.29, 0.717) is 53.4 Å². The summed E-state index contributed by atoms with van der Waals surface area (Å²) in [4.78, 5) is 26.0. The molecule has 12 nitrogen and oxygen atoms in total. The van der Waals surface area contributed by atoms with Crippen LogP contribution in [0.3, 0.4) is 0 Å². The molecule has 1 aliphatic heterocycles. The van der Waals surface area contributed by atoms with Gasteiger partial charge in [0.1, 0.15) is 11.5 Å². The van der Waals surface area contributed by atoms with Crippen LogP contribution in [0.5, 0.6) is 5.88 Å². The Morgan fingerprint density at radius 1 is 1.19 bits per heavy atom. The van der Waals surface area contributed by atoms with Gasteiger partial charge in [-0.05, 0) is 55.9 Å². The van der Waals surface area contributed by atoms with Gasteiger partial charge in [-0.3, -0.25) is 9.98 Å². The van der Waals surface area contributed by atoms with Crippen LogP contribution in [0.2, 0.25) is 0 Å². The highest BCUT2D eigenvalue weighted by Gasteiger charge is 2.27. The monoisotopic (exact) mass is 522 g/mol. The van der Waals surface area contributed by atoms with Crippen molar-refractivity contribution in [1.82, 2.24) is 28.9 Å². The van der Waals surface area contributed by atoms with Gasteiger partial charge in [0.2, 0.25) is 15.9 Å². The molecule has 0 bridgehead atoms. The number of aromatic hydroxyl groups is 1. The van der Waals surface area contributed by atoms with Crippen molar-refractivity contribution in [3.63, 3.8) is 0 Å². The highest BCUT2D eigenvalue weighted by atomic mass is 32.2. The molecule has 2 aliphatic rings. The average Bonchev–Trinajstić information content (AvgIpc) is 3.22. The number of rotatable bonds is 7. The van der Waals surface area contributed by atoms with Gasteiger partial charge < -0.3 is 15.4 Å². The summed E-state index contributed by atoms with van der Waals surface area (Å²) in [5, 5.41) is 18.2. The van der Waals surface area contributed by atoms with Crippen LogP contribution in [-0.4, -0.2) is 62.0 Å². The van der Waals surface area contributed by atoms with Gasteiger partial charge in [0.15, 0.2) is 11.1 Å². The Morgan fingerprint density at radius 2 is 2.00 bits per heavy atom. The second-order valence-corrected chi connectivity index (χ2v) is 11.3. The molecule has 0 amide bonds. The molecule has 0 unspecified atom stereocenters. The molecule has 1 saturated heterocycles. The molecule has 0 atom stereocenters. The molecular formula is C24H26N8O4S. The van der Waals surface area contributed by atoms with Crippen molar-refractivity contribution in [3.05, 3.63) is 63.4 Å². The topological polar surface area (TPSA) is 161 Å². The second-order valence-electron chi connectivity index (χ2n) is 9.37. The molecule has 192 valence electrons. The van der Waals surface area contributed by atoms with E-state index in [1.807, 2.05) is 0 Å². The van der Waals surface area contributed by atoms with Gasteiger partial charge in [-0.15, -0.1) is 0 Å². The lowest BCUT2D eigenvalue weighted by molar-refractivity contribution is 0.454. The first-order valence-electron chi connectivity index (χ1n) is 12.2. The molecule has 4 aromatic rings. The third-order valence-electron chi connectivity index (χ3n) is 6.53. The van der Waals surface area contributed by atoms with Crippen LogP contribution in [-0.2, 0) is 10.0 Å². The number of sulfonamides is 1. The summed E-state index contributed by atoms with van der Waals surface area (Å²) in [6.45, 7) is 1.74. The summed E-state index contributed by atoms with van der Waals surface area (Å²) in [6.07, 6.45) is 7.19. The van der Waals surface area contributed by atoms with Crippen LogP contribution in [0.1, 0.15) is 31.4 Å². The largest absolute Gasteiger partial charge is 0.493 e. The first kappa shape index (κ1) is 23.4. The predicted molar refractivity (Wildman–Crippen MR) is 136 cm³/mol. The first-order chi connectivity index (χ1) is 17.9. The van der Waals surface area contributed by atoms with Crippen molar-refractivity contribution >= 4 is 33.3 Å². The van der Waals surface area contributed by atoms with E-state index >= 15 is 0 Å². The third-order valence-corrected chi connectivity index (χ3v) is 8.43. The van der Waals surface area contributed by atoms with Gasteiger partial charge in [0.05, 0.1) is 11.1 Å². The zero-order valence-corrected chi connectivity index (χ0v) is 20.7. The van der Waals surface area contributed by atoms with Crippen LogP contribution >= 0.6 is 0 Å². The first-order valence-corrected chi connectivity index (χ1v) is 13.6. The van der Waals surface area contributed by atoms with E-state index in [9.17, 15) is 18.3 Å². The fraction of sp³-hybridized carbons (Fsp3) is 0.333. The molecule has 13 heteroatoms. The van der Waals surface area contributed by atoms with Gasteiger partial charge in [0, 0.05) is 36.6 Å². The minimum Gasteiger partial charge on any atom is -0.493 e. The van der Waals surface area contributed by atoms with E-state index in [2.05, 4.69) is 20.4 Å². The fourth-order valence-electron chi connectivity index (χ4n) is 4.37. The number of fused-ring (bicyclic) bond motifs is 1. The van der Waals surface area contributed by atoms with Crippen molar-refractivity contribution in [2.75, 3.05) is 25.0 Å². The highest BCUT2D eigenvalue weighted by Crippen LogP contribution is 2.28. The number of imidazole rings is 1. The minimum absolute atomic E-state index is 0.205. The number of hydrogen-bond donors (Lipinski definition) is 4. The summed E-state index contributed by atoms with van der Waals surface area (Å²) in [5.74, 6) is 0.739. The zero-order valence-electron chi connectivity index (χ0n) is 19.9. The molecule has 0 radical (unpaired) electrons. The number of aromatic amines is 2. The van der Waals surface area contributed by atoms with E-state index in [-0.39, 0.29) is 16.5 Å². The molecule has 6 rings (SSSR count). The van der Waals surface area contributed by atoms with Crippen LogP contribution in [0.25, 0.3) is 11.7 Å². The lowest BCUT2D eigenvalue weighted by Gasteiger charge is -2.16. The SMILES string of the molecule is O=c1[nH]c(O)c(/C=c2\cnn3c(=NCC4CC4)cc(Nc4cccc(S(=O)(=O)N5CCCC5)c4)nc23)[nH]1. The average molecular weight is 523 g/mol. The summed E-state index contributed by atoms with van der Waals surface area (Å²) in [7, 11) is -3.56. The third kappa shape index (κ3) is 4.74. The Morgan fingerprint density at radius 3 is 2.73 bits per heavy atom. The van der Waals surface area contributed by atoms with Crippen LogP contribution in [0.15, 0.2) is 51.2 Å². The fourth-order valence-corrected chi connectivity index (χ4v) is 5.94. The smallest absolute Gasteiger partial charge is 0.326 e. The number of anilines is 2. The second kappa shape index (κ2) is 9.16. The molecule has 4 heterocycles. The summed E-state index contributed by atoms with van der Waals surface area (Å²) < 4.78 is 29.2. The van der Waals surface area contributed by atoms with E-state index in [1.54, 1.807) is 47.1 Å². The van der Waals surface area contributed by atoms with E-state index in [4.69, 9.17) is 9.98 Å². The molecular weight excluding hydrogens is 496 g/mol. The quantitative estimate of drug-likeness (QED) is 0.280. The van der Waals surface area contributed by atoms with E-state index < -0.39 is 15.7 Å². The molecule has 1 saturated carbocycles. The zero-order chi connectivity index (χ0) is 25.6. The summed E-state index contributed by atoms with van der Waals surface area (Å²) in [5.41, 5.74) is 1.30. The minimum atomic E-state index is -3.56. The molecule has 1 aliphatic carbocycles.